The Morgan fingerprint density at radius 2 is 1.84 bits per heavy atom. The number of hydrogen-bond acceptors (Lipinski definition) is 5. The molecule has 2 aromatic rings. The van der Waals surface area contributed by atoms with Gasteiger partial charge < -0.3 is 14.4 Å². The summed E-state index contributed by atoms with van der Waals surface area (Å²) in [5, 5.41) is 0. The summed E-state index contributed by atoms with van der Waals surface area (Å²) < 4.78 is 39.0. The van der Waals surface area contributed by atoms with E-state index in [1.54, 1.807) is 4.90 Å². The molecule has 0 radical (unpaired) electrons. The highest BCUT2D eigenvalue weighted by Gasteiger charge is 2.26. The number of rotatable bonds is 8. The molecular formula is C23H30N2O5S. The van der Waals surface area contributed by atoms with Gasteiger partial charge in [0.15, 0.2) is 0 Å². The van der Waals surface area contributed by atoms with Gasteiger partial charge >= 0.3 is 0 Å². The van der Waals surface area contributed by atoms with Crippen LogP contribution in [0.2, 0.25) is 0 Å². The van der Waals surface area contributed by atoms with E-state index in [9.17, 15) is 13.2 Å². The topological polar surface area (TPSA) is 84.9 Å². The Kier molecular flexibility index (Phi) is 7.56. The van der Waals surface area contributed by atoms with E-state index in [4.69, 9.17) is 9.47 Å². The minimum absolute atomic E-state index is 0.0259. The Hall–Kier alpha value is -2.58. The van der Waals surface area contributed by atoms with Crippen molar-refractivity contribution in [3.63, 3.8) is 0 Å². The van der Waals surface area contributed by atoms with Crippen LogP contribution < -0.4 is 14.2 Å². The van der Waals surface area contributed by atoms with Crippen molar-refractivity contribution in [2.24, 2.45) is 5.92 Å². The number of para-hydroxylation sites is 1. The first kappa shape index (κ1) is 23.1. The van der Waals surface area contributed by atoms with E-state index in [1.807, 2.05) is 31.2 Å². The lowest BCUT2D eigenvalue weighted by molar-refractivity contribution is 0.0693. The lowest BCUT2D eigenvalue weighted by atomic mass is 9.98. The highest BCUT2D eigenvalue weighted by atomic mass is 32.2. The summed E-state index contributed by atoms with van der Waals surface area (Å²) >= 11 is 0. The summed E-state index contributed by atoms with van der Waals surface area (Å²) in [5.74, 6) is 1.47. The van der Waals surface area contributed by atoms with Gasteiger partial charge in [-0.2, -0.15) is 0 Å². The van der Waals surface area contributed by atoms with E-state index in [1.165, 1.54) is 25.3 Å². The standard InChI is InChI=1S/C23H30N2O5S/c1-17-10-13-25(14-11-17)23(26)20-16-19(8-9-22(20)29-3)31(27,28)24-12-15-30-21-7-5-4-6-18(21)2/h4-9,16-17,24H,10-15H2,1-3H3. The van der Waals surface area contributed by atoms with Crippen LogP contribution in [-0.4, -0.2) is 52.6 Å². The number of amides is 1. The summed E-state index contributed by atoms with van der Waals surface area (Å²) in [6, 6.07) is 11.9. The summed E-state index contributed by atoms with van der Waals surface area (Å²) in [6.45, 7) is 5.72. The second kappa shape index (κ2) is 10.2. The number of sulfonamides is 1. The molecule has 1 fully saturated rings. The zero-order valence-corrected chi connectivity index (χ0v) is 19.1. The van der Waals surface area contributed by atoms with Crippen LogP contribution in [-0.2, 0) is 10.0 Å². The molecule has 8 heteroatoms. The fourth-order valence-corrected chi connectivity index (χ4v) is 4.58. The molecule has 1 N–H and O–H groups in total. The maximum atomic E-state index is 13.0. The van der Waals surface area contributed by atoms with E-state index in [0.29, 0.717) is 24.8 Å². The molecule has 0 saturated carbocycles. The largest absolute Gasteiger partial charge is 0.496 e. The molecular weight excluding hydrogens is 416 g/mol. The van der Waals surface area contributed by atoms with Crippen molar-refractivity contribution in [1.29, 1.82) is 0 Å². The third-order valence-corrected chi connectivity index (χ3v) is 6.99. The van der Waals surface area contributed by atoms with Crippen LogP contribution >= 0.6 is 0 Å². The first-order valence-electron chi connectivity index (χ1n) is 10.5. The molecule has 1 aliphatic heterocycles. The average molecular weight is 447 g/mol. The SMILES string of the molecule is COc1ccc(S(=O)(=O)NCCOc2ccccc2C)cc1C(=O)N1CCC(C)CC1. The Morgan fingerprint density at radius 1 is 1.13 bits per heavy atom. The number of ether oxygens (including phenoxy) is 2. The zero-order chi connectivity index (χ0) is 22.4. The number of nitrogens with zero attached hydrogens (tertiary/aromatic N) is 1. The van der Waals surface area contributed by atoms with Crippen LogP contribution in [0.1, 0.15) is 35.7 Å². The Bertz CT molecular complexity index is 1010. The van der Waals surface area contributed by atoms with Crippen LogP contribution in [0.4, 0.5) is 0 Å². The summed E-state index contributed by atoms with van der Waals surface area (Å²) in [6.07, 6.45) is 1.88. The van der Waals surface area contributed by atoms with Gasteiger partial charge in [-0.15, -0.1) is 0 Å². The van der Waals surface area contributed by atoms with Crippen LogP contribution in [0.3, 0.4) is 0 Å². The maximum absolute atomic E-state index is 13.0. The van der Waals surface area contributed by atoms with Crippen molar-refractivity contribution in [3.05, 3.63) is 53.6 Å². The smallest absolute Gasteiger partial charge is 0.257 e. The molecule has 1 aliphatic rings. The molecule has 1 heterocycles. The molecule has 0 spiro atoms. The molecule has 0 bridgehead atoms. The Balaban J connectivity index is 1.68. The number of piperidine rings is 1. The molecule has 0 atom stereocenters. The molecule has 0 aliphatic carbocycles. The maximum Gasteiger partial charge on any atom is 0.257 e. The van der Waals surface area contributed by atoms with E-state index in [0.717, 1.165) is 24.2 Å². The van der Waals surface area contributed by atoms with E-state index < -0.39 is 10.0 Å². The lowest BCUT2D eigenvalue weighted by Gasteiger charge is -2.30. The van der Waals surface area contributed by atoms with Gasteiger partial charge in [0.1, 0.15) is 18.1 Å². The number of carbonyl (C=O) groups is 1. The van der Waals surface area contributed by atoms with Crippen molar-refractivity contribution in [2.45, 2.75) is 31.6 Å². The first-order valence-corrected chi connectivity index (χ1v) is 12.0. The molecule has 0 unspecified atom stereocenters. The van der Waals surface area contributed by atoms with E-state index >= 15 is 0 Å². The second-order valence-electron chi connectivity index (χ2n) is 7.85. The minimum atomic E-state index is -3.80. The van der Waals surface area contributed by atoms with E-state index in [-0.39, 0.29) is 29.5 Å². The van der Waals surface area contributed by atoms with Gasteiger partial charge in [0.25, 0.3) is 5.91 Å². The Labute approximate surface area is 184 Å². The monoisotopic (exact) mass is 446 g/mol. The third-order valence-electron chi connectivity index (χ3n) is 5.53. The number of benzene rings is 2. The van der Waals surface area contributed by atoms with E-state index in [2.05, 4.69) is 11.6 Å². The highest BCUT2D eigenvalue weighted by Crippen LogP contribution is 2.26. The highest BCUT2D eigenvalue weighted by molar-refractivity contribution is 7.89. The summed E-state index contributed by atoms with van der Waals surface area (Å²) in [4.78, 5) is 14.8. The van der Waals surface area contributed by atoms with Gasteiger partial charge in [-0.3, -0.25) is 4.79 Å². The van der Waals surface area contributed by atoms with Gasteiger partial charge in [0.05, 0.1) is 17.6 Å². The third kappa shape index (κ3) is 5.77. The number of aryl methyl sites for hydroxylation is 1. The number of carbonyl (C=O) groups excluding carboxylic acids is 1. The molecule has 1 saturated heterocycles. The van der Waals surface area contributed by atoms with Gasteiger partial charge in [-0.1, -0.05) is 25.1 Å². The molecule has 0 aromatic heterocycles. The fourth-order valence-electron chi connectivity index (χ4n) is 3.54. The van der Waals surface area contributed by atoms with Crippen molar-refractivity contribution in [3.8, 4) is 11.5 Å². The molecule has 168 valence electrons. The fraction of sp³-hybridized carbons (Fsp3) is 0.435. The molecule has 31 heavy (non-hydrogen) atoms. The van der Waals surface area contributed by atoms with Gasteiger partial charge in [-0.25, -0.2) is 13.1 Å². The normalized spacial score (nSPS) is 15.0. The zero-order valence-electron chi connectivity index (χ0n) is 18.3. The Morgan fingerprint density at radius 3 is 2.52 bits per heavy atom. The summed E-state index contributed by atoms with van der Waals surface area (Å²) in [5.41, 5.74) is 1.24. The van der Waals surface area contributed by atoms with Crippen molar-refractivity contribution in [2.75, 3.05) is 33.4 Å². The van der Waals surface area contributed by atoms with Crippen molar-refractivity contribution >= 4 is 15.9 Å². The van der Waals surface area contributed by atoms with Crippen LogP contribution in [0.5, 0.6) is 11.5 Å². The van der Waals surface area contributed by atoms with Gasteiger partial charge in [-0.05, 0) is 55.5 Å². The van der Waals surface area contributed by atoms with Crippen LogP contribution in [0.25, 0.3) is 0 Å². The molecule has 7 nitrogen and oxygen atoms in total. The quantitative estimate of drug-likeness (QED) is 0.630. The predicted molar refractivity (Wildman–Crippen MR) is 119 cm³/mol. The van der Waals surface area contributed by atoms with Crippen LogP contribution in [0, 0.1) is 12.8 Å². The molecule has 2 aromatic carbocycles. The van der Waals surface area contributed by atoms with Crippen LogP contribution in [0.15, 0.2) is 47.4 Å². The van der Waals surface area contributed by atoms with Gasteiger partial charge in [0, 0.05) is 19.6 Å². The minimum Gasteiger partial charge on any atom is -0.496 e. The molecule has 3 rings (SSSR count). The molecule has 1 amide bonds. The number of methoxy groups -OCH3 is 1. The first-order chi connectivity index (χ1) is 14.8. The number of hydrogen-bond donors (Lipinski definition) is 1. The number of nitrogens with one attached hydrogen (secondary N) is 1. The second-order valence-corrected chi connectivity index (χ2v) is 9.62. The lowest BCUT2D eigenvalue weighted by Crippen LogP contribution is -2.38. The van der Waals surface area contributed by atoms with Gasteiger partial charge in [0.2, 0.25) is 10.0 Å². The summed E-state index contributed by atoms with van der Waals surface area (Å²) in [7, 11) is -2.33. The predicted octanol–water partition coefficient (Wildman–Crippen LogP) is 3.23. The van der Waals surface area contributed by atoms with Crippen molar-refractivity contribution in [1.82, 2.24) is 9.62 Å². The van der Waals surface area contributed by atoms with Crippen molar-refractivity contribution < 1.29 is 22.7 Å². The number of likely N-dealkylation sites (tertiary alicyclic amines) is 1. The average Bonchev–Trinajstić information content (AvgIpc) is 2.77.